The first-order chi connectivity index (χ1) is 16.0. The Labute approximate surface area is 197 Å². The first-order valence-electron chi connectivity index (χ1n) is 10.5. The number of para-hydroxylation sites is 2. The SMILES string of the molecule is C=CCn1c(CC(=O)Nc2ccccc2OC)nnc1SCC(=O)Nc1ccc(CC)cc1. The second-order valence-electron chi connectivity index (χ2n) is 7.11. The molecule has 0 aliphatic heterocycles. The van der Waals surface area contributed by atoms with E-state index in [9.17, 15) is 9.59 Å². The Morgan fingerprint density at radius 2 is 1.85 bits per heavy atom. The summed E-state index contributed by atoms with van der Waals surface area (Å²) in [5.41, 5.74) is 2.54. The number of hydrogen-bond donors (Lipinski definition) is 2. The molecule has 0 aliphatic rings. The van der Waals surface area contributed by atoms with Crippen LogP contribution >= 0.6 is 11.8 Å². The van der Waals surface area contributed by atoms with E-state index in [0.717, 1.165) is 12.1 Å². The molecule has 8 nitrogen and oxygen atoms in total. The number of nitrogens with zero attached hydrogens (tertiary/aromatic N) is 3. The van der Waals surface area contributed by atoms with Crippen LogP contribution in [0.3, 0.4) is 0 Å². The van der Waals surface area contributed by atoms with Crippen molar-refractivity contribution in [3.8, 4) is 5.75 Å². The van der Waals surface area contributed by atoms with Gasteiger partial charge in [0.15, 0.2) is 5.16 Å². The maximum atomic E-state index is 12.6. The molecule has 0 atom stereocenters. The predicted octanol–water partition coefficient (Wildman–Crippen LogP) is 3.95. The van der Waals surface area contributed by atoms with E-state index in [-0.39, 0.29) is 24.0 Å². The zero-order chi connectivity index (χ0) is 23.6. The third-order valence-corrected chi connectivity index (χ3v) is 5.75. The van der Waals surface area contributed by atoms with Crippen molar-refractivity contribution in [1.82, 2.24) is 14.8 Å². The number of methoxy groups -OCH3 is 1. The van der Waals surface area contributed by atoms with E-state index in [1.807, 2.05) is 36.4 Å². The molecule has 0 bridgehead atoms. The van der Waals surface area contributed by atoms with Gasteiger partial charge < -0.3 is 19.9 Å². The number of thioether (sulfide) groups is 1. The second-order valence-corrected chi connectivity index (χ2v) is 8.05. The van der Waals surface area contributed by atoms with Crippen LogP contribution in [0, 0.1) is 0 Å². The lowest BCUT2D eigenvalue weighted by atomic mass is 10.1. The van der Waals surface area contributed by atoms with Crippen molar-refractivity contribution in [3.63, 3.8) is 0 Å². The molecule has 172 valence electrons. The highest BCUT2D eigenvalue weighted by Crippen LogP contribution is 2.23. The Balaban J connectivity index is 1.61. The van der Waals surface area contributed by atoms with Crippen LogP contribution in [0.2, 0.25) is 0 Å². The molecule has 0 saturated heterocycles. The minimum atomic E-state index is -0.248. The van der Waals surface area contributed by atoms with Gasteiger partial charge in [0, 0.05) is 12.2 Å². The maximum absolute atomic E-state index is 12.6. The van der Waals surface area contributed by atoms with Crippen LogP contribution in [0.4, 0.5) is 11.4 Å². The average molecular weight is 466 g/mol. The summed E-state index contributed by atoms with van der Waals surface area (Å²) in [6.07, 6.45) is 2.67. The average Bonchev–Trinajstić information content (AvgIpc) is 3.19. The summed E-state index contributed by atoms with van der Waals surface area (Å²) in [6, 6.07) is 14.9. The van der Waals surface area contributed by atoms with Gasteiger partial charge in [-0.2, -0.15) is 0 Å². The summed E-state index contributed by atoms with van der Waals surface area (Å²) in [5, 5.41) is 14.6. The van der Waals surface area contributed by atoms with E-state index in [1.54, 1.807) is 29.9 Å². The first-order valence-corrected chi connectivity index (χ1v) is 11.5. The number of allylic oxidation sites excluding steroid dienone is 1. The Bertz CT molecular complexity index is 1110. The summed E-state index contributed by atoms with van der Waals surface area (Å²) < 4.78 is 7.05. The van der Waals surface area contributed by atoms with Crippen LogP contribution in [-0.2, 0) is 29.0 Å². The normalized spacial score (nSPS) is 10.5. The van der Waals surface area contributed by atoms with Crippen LogP contribution in [0.1, 0.15) is 18.3 Å². The number of nitrogens with one attached hydrogen (secondary N) is 2. The molecule has 0 spiro atoms. The monoisotopic (exact) mass is 465 g/mol. The van der Waals surface area contributed by atoms with Gasteiger partial charge in [-0.05, 0) is 36.2 Å². The molecule has 33 heavy (non-hydrogen) atoms. The maximum Gasteiger partial charge on any atom is 0.234 e. The Morgan fingerprint density at radius 1 is 1.09 bits per heavy atom. The van der Waals surface area contributed by atoms with Crippen molar-refractivity contribution in [3.05, 3.63) is 72.6 Å². The number of amides is 2. The number of carbonyl (C=O) groups is 2. The summed E-state index contributed by atoms with van der Waals surface area (Å²) in [6.45, 7) is 6.28. The van der Waals surface area contributed by atoms with Gasteiger partial charge in [0.25, 0.3) is 0 Å². The summed E-state index contributed by atoms with van der Waals surface area (Å²) in [5.74, 6) is 0.832. The molecule has 3 rings (SSSR count). The molecule has 0 radical (unpaired) electrons. The Hall–Kier alpha value is -3.59. The molecule has 0 fully saturated rings. The smallest absolute Gasteiger partial charge is 0.234 e. The number of aryl methyl sites for hydroxylation is 1. The van der Waals surface area contributed by atoms with E-state index < -0.39 is 0 Å². The Morgan fingerprint density at radius 3 is 2.55 bits per heavy atom. The molecule has 2 amide bonds. The molecule has 9 heteroatoms. The quantitative estimate of drug-likeness (QED) is 0.329. The molecule has 0 aliphatic carbocycles. The van der Waals surface area contributed by atoms with Crippen molar-refractivity contribution in [1.29, 1.82) is 0 Å². The third-order valence-electron chi connectivity index (χ3n) is 4.78. The molecule has 2 N–H and O–H groups in total. The highest BCUT2D eigenvalue weighted by Gasteiger charge is 2.17. The van der Waals surface area contributed by atoms with Crippen molar-refractivity contribution in [2.75, 3.05) is 23.5 Å². The lowest BCUT2D eigenvalue weighted by Gasteiger charge is -2.11. The van der Waals surface area contributed by atoms with Gasteiger partial charge in [-0.1, -0.05) is 49.0 Å². The van der Waals surface area contributed by atoms with Gasteiger partial charge in [0.1, 0.15) is 11.6 Å². The van der Waals surface area contributed by atoms with E-state index in [0.29, 0.717) is 29.0 Å². The number of carbonyl (C=O) groups excluding carboxylic acids is 2. The van der Waals surface area contributed by atoms with Gasteiger partial charge in [-0.15, -0.1) is 16.8 Å². The van der Waals surface area contributed by atoms with Crippen molar-refractivity contribution in [2.45, 2.75) is 31.5 Å². The molecule has 1 heterocycles. The lowest BCUT2D eigenvalue weighted by molar-refractivity contribution is -0.116. The molecule has 2 aromatic carbocycles. The van der Waals surface area contributed by atoms with E-state index >= 15 is 0 Å². The van der Waals surface area contributed by atoms with E-state index in [4.69, 9.17) is 4.74 Å². The van der Waals surface area contributed by atoms with Crippen molar-refractivity contribution in [2.24, 2.45) is 0 Å². The number of ether oxygens (including phenoxy) is 1. The van der Waals surface area contributed by atoms with Crippen LogP contribution in [0.15, 0.2) is 66.3 Å². The molecular formula is C24H27N5O3S. The van der Waals surface area contributed by atoms with E-state index in [2.05, 4.69) is 34.3 Å². The molecular weight excluding hydrogens is 438 g/mol. The summed E-state index contributed by atoms with van der Waals surface area (Å²) in [4.78, 5) is 25.0. The second kappa shape index (κ2) is 11.9. The third kappa shape index (κ3) is 6.69. The fourth-order valence-corrected chi connectivity index (χ4v) is 3.87. The standard InChI is InChI=1S/C24H27N5O3S/c1-4-14-29-21(15-22(30)26-19-8-6-7-9-20(19)32-3)27-28-24(29)33-16-23(31)25-18-12-10-17(5-2)11-13-18/h4,6-13H,1,5,14-16H2,2-3H3,(H,25,31)(H,26,30). The largest absolute Gasteiger partial charge is 0.495 e. The van der Waals surface area contributed by atoms with Crippen molar-refractivity contribution >= 4 is 35.0 Å². The minimum absolute atomic E-state index is 0.0232. The first kappa shape index (κ1) is 24.1. The fourth-order valence-electron chi connectivity index (χ4n) is 3.11. The minimum Gasteiger partial charge on any atom is -0.495 e. The topological polar surface area (TPSA) is 98.1 Å². The number of anilines is 2. The summed E-state index contributed by atoms with van der Waals surface area (Å²) in [7, 11) is 1.55. The molecule has 0 unspecified atom stereocenters. The Kier molecular flexibility index (Phi) is 8.65. The zero-order valence-electron chi connectivity index (χ0n) is 18.7. The molecule has 1 aromatic heterocycles. The van der Waals surface area contributed by atoms with Gasteiger partial charge >= 0.3 is 0 Å². The van der Waals surface area contributed by atoms with E-state index in [1.165, 1.54) is 17.3 Å². The molecule has 3 aromatic rings. The highest BCUT2D eigenvalue weighted by molar-refractivity contribution is 7.99. The highest BCUT2D eigenvalue weighted by atomic mass is 32.2. The van der Waals surface area contributed by atoms with Crippen LogP contribution < -0.4 is 15.4 Å². The number of benzene rings is 2. The zero-order valence-corrected chi connectivity index (χ0v) is 19.5. The lowest BCUT2D eigenvalue weighted by Crippen LogP contribution is -2.18. The van der Waals surface area contributed by atoms with Gasteiger partial charge in [0.05, 0.1) is 25.0 Å². The van der Waals surface area contributed by atoms with Crippen LogP contribution in [-0.4, -0.2) is 39.4 Å². The predicted molar refractivity (Wildman–Crippen MR) is 131 cm³/mol. The van der Waals surface area contributed by atoms with Crippen LogP contribution in [0.5, 0.6) is 5.75 Å². The fraction of sp³-hybridized carbons (Fsp3) is 0.250. The van der Waals surface area contributed by atoms with Gasteiger partial charge in [-0.25, -0.2) is 0 Å². The summed E-state index contributed by atoms with van der Waals surface area (Å²) >= 11 is 1.26. The number of aromatic nitrogens is 3. The van der Waals surface area contributed by atoms with Crippen molar-refractivity contribution < 1.29 is 14.3 Å². The van der Waals surface area contributed by atoms with Gasteiger partial charge in [0.2, 0.25) is 11.8 Å². The number of rotatable bonds is 11. The van der Waals surface area contributed by atoms with Gasteiger partial charge in [-0.3, -0.25) is 9.59 Å². The van der Waals surface area contributed by atoms with Crippen LogP contribution in [0.25, 0.3) is 0 Å². The molecule has 0 saturated carbocycles. The number of hydrogen-bond acceptors (Lipinski definition) is 6.